The summed E-state index contributed by atoms with van der Waals surface area (Å²) in [5.41, 5.74) is 3.32. The molecule has 112 valence electrons. The Labute approximate surface area is 126 Å². The van der Waals surface area contributed by atoms with Gasteiger partial charge in [0.15, 0.2) is 0 Å². The Morgan fingerprint density at radius 2 is 1.67 bits per heavy atom. The highest BCUT2D eigenvalue weighted by molar-refractivity contribution is 5.24. The largest absolute Gasteiger partial charge is 0.298 e. The number of aryl methyl sites for hydroxylation is 2. The second-order valence-corrected chi connectivity index (χ2v) is 6.01. The highest BCUT2D eigenvalue weighted by atomic mass is 15.2. The molecule has 4 nitrogen and oxygen atoms in total. The minimum absolute atomic E-state index is 0.794. The number of hydrogen-bond acceptors (Lipinski definition) is 3. The van der Waals surface area contributed by atoms with Gasteiger partial charge in [0.1, 0.15) is 0 Å². The van der Waals surface area contributed by atoms with Crippen molar-refractivity contribution in [2.75, 3.05) is 13.1 Å². The minimum Gasteiger partial charge on any atom is -0.298 e. The van der Waals surface area contributed by atoms with Crippen LogP contribution < -0.4 is 0 Å². The van der Waals surface area contributed by atoms with Crippen LogP contribution in [0.3, 0.4) is 0 Å². The van der Waals surface area contributed by atoms with Crippen molar-refractivity contribution in [3.63, 3.8) is 0 Å². The van der Waals surface area contributed by atoms with Crippen LogP contribution in [0.2, 0.25) is 0 Å². The average Bonchev–Trinajstić information content (AvgIpc) is 2.73. The first-order chi connectivity index (χ1) is 10.2. The first kappa shape index (κ1) is 14.3. The van der Waals surface area contributed by atoms with Gasteiger partial charge in [-0.3, -0.25) is 9.47 Å². The number of aromatic nitrogens is 3. The molecule has 0 saturated carbocycles. The summed E-state index contributed by atoms with van der Waals surface area (Å²) in [5, 5.41) is 0. The molecule has 1 aliphatic rings. The maximum absolute atomic E-state index is 4.58. The van der Waals surface area contributed by atoms with Crippen molar-refractivity contribution in [1.82, 2.24) is 19.4 Å². The van der Waals surface area contributed by atoms with E-state index in [0.717, 1.165) is 23.9 Å². The van der Waals surface area contributed by atoms with Crippen LogP contribution in [-0.2, 0) is 6.54 Å². The zero-order valence-corrected chi connectivity index (χ0v) is 13.0. The van der Waals surface area contributed by atoms with E-state index in [4.69, 9.17) is 0 Å². The van der Waals surface area contributed by atoms with Crippen LogP contribution in [0.25, 0.3) is 5.95 Å². The Balaban J connectivity index is 1.83. The first-order valence-corrected chi connectivity index (χ1v) is 7.93. The molecule has 0 unspecified atom stereocenters. The van der Waals surface area contributed by atoms with Crippen LogP contribution in [-0.4, -0.2) is 32.5 Å². The molecule has 0 bridgehead atoms. The fourth-order valence-electron chi connectivity index (χ4n) is 3.08. The molecule has 0 atom stereocenters. The SMILES string of the molecule is Cc1cc(C)nc(-n2cccc2CN2CCCCCC2)n1. The van der Waals surface area contributed by atoms with Gasteiger partial charge >= 0.3 is 0 Å². The van der Waals surface area contributed by atoms with E-state index in [1.54, 1.807) is 0 Å². The molecule has 1 aliphatic heterocycles. The van der Waals surface area contributed by atoms with Crippen LogP contribution in [0.4, 0.5) is 0 Å². The molecule has 0 N–H and O–H groups in total. The number of rotatable bonds is 3. The average molecular weight is 284 g/mol. The fraction of sp³-hybridized carbons (Fsp3) is 0.529. The van der Waals surface area contributed by atoms with Crippen LogP contribution in [0.1, 0.15) is 42.8 Å². The van der Waals surface area contributed by atoms with Crippen LogP contribution >= 0.6 is 0 Å². The predicted molar refractivity (Wildman–Crippen MR) is 84.6 cm³/mol. The van der Waals surface area contributed by atoms with Crippen molar-refractivity contribution >= 4 is 0 Å². The van der Waals surface area contributed by atoms with Gasteiger partial charge in [0.25, 0.3) is 0 Å². The lowest BCUT2D eigenvalue weighted by Gasteiger charge is -2.20. The van der Waals surface area contributed by atoms with Gasteiger partial charge in [-0.1, -0.05) is 12.8 Å². The molecule has 1 fully saturated rings. The molecular weight excluding hydrogens is 260 g/mol. The molecule has 21 heavy (non-hydrogen) atoms. The Bertz CT molecular complexity index is 574. The maximum Gasteiger partial charge on any atom is 0.234 e. The Morgan fingerprint density at radius 3 is 2.33 bits per heavy atom. The molecule has 0 aromatic carbocycles. The highest BCUT2D eigenvalue weighted by Crippen LogP contribution is 2.16. The molecule has 4 heteroatoms. The Kier molecular flexibility index (Phi) is 4.34. The van der Waals surface area contributed by atoms with Crippen LogP contribution in [0.5, 0.6) is 0 Å². The van der Waals surface area contributed by atoms with Crippen molar-refractivity contribution in [2.45, 2.75) is 46.1 Å². The zero-order valence-electron chi connectivity index (χ0n) is 13.0. The molecule has 0 radical (unpaired) electrons. The van der Waals surface area contributed by atoms with Crippen molar-refractivity contribution in [1.29, 1.82) is 0 Å². The van der Waals surface area contributed by atoms with Crippen molar-refractivity contribution < 1.29 is 0 Å². The van der Waals surface area contributed by atoms with Gasteiger partial charge in [0, 0.05) is 29.8 Å². The summed E-state index contributed by atoms with van der Waals surface area (Å²) >= 11 is 0. The third-order valence-electron chi connectivity index (χ3n) is 4.10. The second-order valence-electron chi connectivity index (χ2n) is 6.01. The van der Waals surface area contributed by atoms with Crippen molar-refractivity contribution in [3.05, 3.63) is 41.5 Å². The topological polar surface area (TPSA) is 34.0 Å². The molecule has 3 heterocycles. The number of nitrogens with zero attached hydrogens (tertiary/aromatic N) is 4. The normalized spacial score (nSPS) is 16.9. The molecule has 0 spiro atoms. The van der Waals surface area contributed by atoms with E-state index in [-0.39, 0.29) is 0 Å². The van der Waals surface area contributed by atoms with Gasteiger partial charge in [-0.25, -0.2) is 9.97 Å². The van der Waals surface area contributed by atoms with E-state index >= 15 is 0 Å². The third kappa shape index (κ3) is 3.50. The van der Waals surface area contributed by atoms with Crippen LogP contribution in [0, 0.1) is 13.8 Å². The molecule has 2 aromatic rings. The van der Waals surface area contributed by atoms with E-state index < -0.39 is 0 Å². The smallest absolute Gasteiger partial charge is 0.234 e. The number of hydrogen-bond donors (Lipinski definition) is 0. The lowest BCUT2D eigenvalue weighted by atomic mass is 10.2. The summed E-state index contributed by atoms with van der Waals surface area (Å²) in [4.78, 5) is 11.7. The van der Waals surface area contributed by atoms with Gasteiger partial charge in [0.2, 0.25) is 5.95 Å². The van der Waals surface area contributed by atoms with Gasteiger partial charge in [0.05, 0.1) is 0 Å². The van der Waals surface area contributed by atoms with E-state index in [9.17, 15) is 0 Å². The summed E-state index contributed by atoms with van der Waals surface area (Å²) in [6, 6.07) is 6.29. The summed E-state index contributed by atoms with van der Waals surface area (Å²) in [7, 11) is 0. The highest BCUT2D eigenvalue weighted by Gasteiger charge is 2.13. The van der Waals surface area contributed by atoms with E-state index in [0.29, 0.717) is 0 Å². The van der Waals surface area contributed by atoms with E-state index in [2.05, 4.69) is 37.8 Å². The third-order valence-corrected chi connectivity index (χ3v) is 4.10. The first-order valence-electron chi connectivity index (χ1n) is 7.93. The van der Waals surface area contributed by atoms with E-state index in [1.807, 2.05) is 19.9 Å². The Morgan fingerprint density at radius 1 is 1.00 bits per heavy atom. The summed E-state index contributed by atoms with van der Waals surface area (Å²) in [5.74, 6) is 0.794. The lowest BCUT2D eigenvalue weighted by molar-refractivity contribution is 0.272. The van der Waals surface area contributed by atoms with Gasteiger partial charge in [-0.05, 0) is 58.0 Å². The van der Waals surface area contributed by atoms with Gasteiger partial charge < -0.3 is 0 Å². The maximum atomic E-state index is 4.58. The zero-order chi connectivity index (χ0) is 14.7. The standard InChI is InChI=1S/C17H24N4/c1-14-12-15(2)19-17(18-14)21-11-7-8-16(21)13-20-9-5-3-4-6-10-20/h7-8,11-12H,3-6,9-10,13H2,1-2H3. The summed E-state index contributed by atoms with van der Waals surface area (Å²) in [6.45, 7) is 7.45. The lowest BCUT2D eigenvalue weighted by Crippen LogP contribution is -2.25. The fourth-order valence-corrected chi connectivity index (χ4v) is 3.08. The molecule has 0 amide bonds. The minimum atomic E-state index is 0.794. The molecule has 2 aromatic heterocycles. The quantitative estimate of drug-likeness (QED) is 0.867. The van der Waals surface area contributed by atoms with Gasteiger partial charge in [-0.2, -0.15) is 0 Å². The van der Waals surface area contributed by atoms with Crippen molar-refractivity contribution in [2.24, 2.45) is 0 Å². The van der Waals surface area contributed by atoms with Crippen molar-refractivity contribution in [3.8, 4) is 5.95 Å². The van der Waals surface area contributed by atoms with E-state index in [1.165, 1.54) is 44.5 Å². The monoisotopic (exact) mass is 284 g/mol. The molecule has 0 aliphatic carbocycles. The predicted octanol–water partition coefficient (Wildman–Crippen LogP) is 3.26. The summed E-state index contributed by atoms with van der Waals surface area (Å²) < 4.78 is 2.13. The summed E-state index contributed by atoms with van der Waals surface area (Å²) in [6.07, 6.45) is 7.46. The number of likely N-dealkylation sites (tertiary alicyclic amines) is 1. The van der Waals surface area contributed by atoms with Gasteiger partial charge in [-0.15, -0.1) is 0 Å². The second kappa shape index (κ2) is 6.39. The van der Waals surface area contributed by atoms with Crippen LogP contribution in [0.15, 0.2) is 24.4 Å². The molecular formula is C17H24N4. The molecule has 3 rings (SSSR count). The molecule has 1 saturated heterocycles. The Hall–Kier alpha value is -1.68.